The zero-order chi connectivity index (χ0) is 12.3. The Bertz CT molecular complexity index is 574. The molecule has 5 nitrogen and oxygen atoms in total. The van der Waals surface area contributed by atoms with Gasteiger partial charge in [-0.1, -0.05) is 0 Å². The van der Waals surface area contributed by atoms with E-state index < -0.39 is 0 Å². The van der Waals surface area contributed by atoms with E-state index in [9.17, 15) is 0 Å². The number of rotatable bonds is 3. The maximum Gasteiger partial charge on any atom is 0.182 e. The lowest BCUT2D eigenvalue weighted by Gasteiger charge is -2.05. The highest BCUT2D eigenvalue weighted by Gasteiger charge is 2.03. The van der Waals surface area contributed by atoms with Gasteiger partial charge in [0, 0.05) is 15.9 Å². The Balaban J connectivity index is 2.24. The van der Waals surface area contributed by atoms with E-state index in [0.29, 0.717) is 17.5 Å². The van der Waals surface area contributed by atoms with Crippen LogP contribution in [-0.4, -0.2) is 9.97 Å². The minimum Gasteiger partial charge on any atom is -0.332 e. The quantitative estimate of drug-likeness (QED) is 0.672. The first-order chi connectivity index (χ1) is 8.17. The van der Waals surface area contributed by atoms with E-state index in [1.54, 1.807) is 24.3 Å². The molecular formula is C10H8BrN5S. The van der Waals surface area contributed by atoms with Crippen molar-refractivity contribution in [1.82, 2.24) is 9.97 Å². The molecule has 2 heterocycles. The van der Waals surface area contributed by atoms with Gasteiger partial charge in [-0.25, -0.2) is 9.97 Å². The molecule has 0 unspecified atom stereocenters. The van der Waals surface area contributed by atoms with Gasteiger partial charge in [0.25, 0.3) is 0 Å². The number of nitriles is 1. The molecule has 0 aliphatic carbocycles. The lowest BCUT2D eigenvalue weighted by Crippen LogP contribution is -2.00. The number of nitrogens with one attached hydrogen (secondary N) is 2. The Labute approximate surface area is 111 Å². The molecule has 0 spiro atoms. The Morgan fingerprint density at radius 2 is 2.12 bits per heavy atom. The van der Waals surface area contributed by atoms with Gasteiger partial charge in [-0.2, -0.15) is 5.26 Å². The second-order valence-corrected chi connectivity index (χ2v) is 5.00. The maximum absolute atomic E-state index is 8.55. The third-order valence-electron chi connectivity index (χ3n) is 1.84. The summed E-state index contributed by atoms with van der Waals surface area (Å²) in [6.45, 7) is 1.78. The highest BCUT2D eigenvalue weighted by atomic mass is 79.9. The van der Waals surface area contributed by atoms with Crippen LogP contribution in [0.3, 0.4) is 0 Å². The molecule has 0 amide bonds. The minimum atomic E-state index is 0.484. The van der Waals surface area contributed by atoms with Crippen LogP contribution in [0.5, 0.6) is 0 Å². The number of nitrogens with zero attached hydrogens (tertiary/aromatic N) is 3. The van der Waals surface area contributed by atoms with E-state index in [1.807, 2.05) is 17.6 Å². The second-order valence-electron chi connectivity index (χ2n) is 3.18. The van der Waals surface area contributed by atoms with Gasteiger partial charge in [-0.05, 0) is 28.9 Å². The van der Waals surface area contributed by atoms with Crippen LogP contribution in [-0.2, 0) is 0 Å². The first-order valence-electron chi connectivity index (χ1n) is 4.69. The number of halogens is 1. The summed E-state index contributed by atoms with van der Waals surface area (Å²) in [6, 6.07) is 3.64. The van der Waals surface area contributed by atoms with Crippen LogP contribution in [0.4, 0.5) is 16.6 Å². The summed E-state index contributed by atoms with van der Waals surface area (Å²) < 4.78 is 1.02. The molecule has 2 N–H and O–H groups in total. The van der Waals surface area contributed by atoms with Crippen molar-refractivity contribution in [3.8, 4) is 6.19 Å². The van der Waals surface area contributed by atoms with Crippen LogP contribution in [0.1, 0.15) is 5.82 Å². The molecule has 2 aromatic rings. The summed E-state index contributed by atoms with van der Waals surface area (Å²) in [7, 11) is 0. The van der Waals surface area contributed by atoms with Crippen LogP contribution >= 0.6 is 27.3 Å². The molecule has 2 rings (SSSR count). The Kier molecular flexibility index (Phi) is 3.56. The SMILES string of the molecule is Cc1nc(NC#N)cc(Nc2cc(Br)cs2)n1. The molecule has 2 aromatic heterocycles. The van der Waals surface area contributed by atoms with Gasteiger partial charge < -0.3 is 5.32 Å². The number of hydrogen-bond donors (Lipinski definition) is 2. The maximum atomic E-state index is 8.55. The molecule has 0 radical (unpaired) electrons. The average molecular weight is 310 g/mol. The largest absolute Gasteiger partial charge is 0.332 e. The fraction of sp³-hybridized carbons (Fsp3) is 0.100. The first kappa shape index (κ1) is 11.8. The van der Waals surface area contributed by atoms with Gasteiger partial charge >= 0.3 is 0 Å². The summed E-state index contributed by atoms with van der Waals surface area (Å²) in [5.41, 5.74) is 0. The molecule has 7 heteroatoms. The van der Waals surface area contributed by atoms with Crippen LogP contribution < -0.4 is 10.6 Å². The summed E-state index contributed by atoms with van der Waals surface area (Å²) in [4.78, 5) is 8.32. The van der Waals surface area contributed by atoms with E-state index in [0.717, 1.165) is 9.47 Å². The van der Waals surface area contributed by atoms with Crippen molar-refractivity contribution in [2.24, 2.45) is 0 Å². The molecule has 0 saturated heterocycles. The Morgan fingerprint density at radius 3 is 2.76 bits per heavy atom. The topological polar surface area (TPSA) is 73.6 Å². The van der Waals surface area contributed by atoms with Crippen LogP contribution in [0.15, 0.2) is 22.0 Å². The number of aromatic nitrogens is 2. The fourth-order valence-electron chi connectivity index (χ4n) is 1.26. The smallest absolute Gasteiger partial charge is 0.182 e. The minimum absolute atomic E-state index is 0.484. The summed E-state index contributed by atoms with van der Waals surface area (Å²) in [5.74, 6) is 1.74. The van der Waals surface area contributed by atoms with Crippen molar-refractivity contribution in [3.63, 3.8) is 0 Å². The zero-order valence-corrected chi connectivity index (χ0v) is 11.3. The Hall–Kier alpha value is -1.65. The van der Waals surface area contributed by atoms with Crippen molar-refractivity contribution >= 4 is 43.9 Å². The number of thiophene rings is 1. The molecule has 0 fully saturated rings. The van der Waals surface area contributed by atoms with Gasteiger partial charge in [0.15, 0.2) is 6.19 Å². The number of hydrogen-bond acceptors (Lipinski definition) is 6. The van der Waals surface area contributed by atoms with Crippen LogP contribution in [0.25, 0.3) is 0 Å². The molecule has 0 atom stereocenters. The lowest BCUT2D eigenvalue weighted by molar-refractivity contribution is 1.06. The zero-order valence-electron chi connectivity index (χ0n) is 8.86. The Morgan fingerprint density at radius 1 is 1.35 bits per heavy atom. The number of aryl methyl sites for hydroxylation is 1. The van der Waals surface area contributed by atoms with Gasteiger partial charge in [0.05, 0.1) is 5.00 Å². The van der Waals surface area contributed by atoms with Gasteiger partial charge in [-0.3, -0.25) is 5.32 Å². The summed E-state index contributed by atoms with van der Waals surface area (Å²) >= 11 is 4.95. The van der Waals surface area contributed by atoms with Gasteiger partial charge in [0.1, 0.15) is 17.5 Å². The van der Waals surface area contributed by atoms with Crippen LogP contribution in [0.2, 0.25) is 0 Å². The predicted octanol–water partition coefficient (Wildman–Crippen LogP) is 3.25. The third kappa shape index (κ3) is 3.15. The molecule has 0 bridgehead atoms. The summed E-state index contributed by atoms with van der Waals surface area (Å²) in [6.07, 6.45) is 1.83. The van der Waals surface area contributed by atoms with Crippen molar-refractivity contribution in [1.29, 1.82) is 5.26 Å². The van der Waals surface area contributed by atoms with E-state index in [4.69, 9.17) is 5.26 Å². The molecular weight excluding hydrogens is 302 g/mol. The van der Waals surface area contributed by atoms with E-state index in [-0.39, 0.29) is 0 Å². The van der Waals surface area contributed by atoms with Crippen molar-refractivity contribution in [2.75, 3.05) is 10.6 Å². The normalized spacial score (nSPS) is 9.71. The number of anilines is 3. The monoisotopic (exact) mass is 309 g/mol. The molecule has 0 saturated carbocycles. The molecule has 0 aliphatic heterocycles. The van der Waals surface area contributed by atoms with Gasteiger partial charge in [-0.15, -0.1) is 11.3 Å². The summed E-state index contributed by atoms with van der Waals surface area (Å²) in [5, 5.41) is 17.1. The van der Waals surface area contributed by atoms with Gasteiger partial charge in [0.2, 0.25) is 0 Å². The lowest BCUT2D eigenvalue weighted by atomic mass is 10.5. The highest BCUT2D eigenvalue weighted by Crippen LogP contribution is 2.27. The van der Waals surface area contributed by atoms with E-state index >= 15 is 0 Å². The van der Waals surface area contributed by atoms with E-state index in [2.05, 4.69) is 36.5 Å². The molecule has 0 aliphatic rings. The first-order valence-corrected chi connectivity index (χ1v) is 6.36. The standard InChI is InChI=1S/C10H8BrN5S/c1-6-14-8(13-5-12)3-9(15-6)16-10-2-7(11)4-17-10/h2-4H,1H3,(H2,13,14,15,16). The highest BCUT2D eigenvalue weighted by molar-refractivity contribution is 9.10. The molecule has 17 heavy (non-hydrogen) atoms. The van der Waals surface area contributed by atoms with E-state index in [1.165, 1.54) is 0 Å². The van der Waals surface area contributed by atoms with Crippen LogP contribution in [0, 0.1) is 18.4 Å². The second kappa shape index (κ2) is 5.12. The third-order valence-corrected chi connectivity index (χ3v) is 3.45. The predicted molar refractivity (Wildman–Crippen MR) is 71.3 cm³/mol. The average Bonchev–Trinajstić information content (AvgIpc) is 2.63. The molecule has 0 aromatic carbocycles. The van der Waals surface area contributed by atoms with Crippen molar-refractivity contribution in [3.05, 3.63) is 27.8 Å². The molecule has 86 valence electrons. The van der Waals surface area contributed by atoms with Crippen molar-refractivity contribution < 1.29 is 0 Å². The van der Waals surface area contributed by atoms with Crippen molar-refractivity contribution in [2.45, 2.75) is 6.92 Å². The fourth-order valence-corrected chi connectivity index (χ4v) is 2.58.